The van der Waals surface area contributed by atoms with Crippen LogP contribution in [0.3, 0.4) is 0 Å². The fraction of sp³-hybridized carbons (Fsp3) is 0.143. The summed E-state index contributed by atoms with van der Waals surface area (Å²) in [6, 6.07) is 14.7. The third-order valence-corrected chi connectivity index (χ3v) is 4.76. The zero-order chi connectivity index (χ0) is 20.8. The van der Waals surface area contributed by atoms with Crippen LogP contribution in [0.4, 0.5) is 0 Å². The third kappa shape index (κ3) is 5.53. The zero-order valence-corrected chi connectivity index (χ0v) is 16.8. The molecular formula is C21H18Cl2N2O4. The Labute approximate surface area is 177 Å². The standard InChI is InChI=1S/C21H18Cl2N2O4/c22-15-7-8-17(18(23)10-15)21(28)24-11-20(27)25(13-16-5-3-9-29-16)12-14-4-1-2-6-19(14)26/h1-10,26H,11-13H2,(H,24,28). The topological polar surface area (TPSA) is 82.8 Å². The number of carbonyl (C=O) groups excluding carboxylic acids is 2. The molecule has 0 atom stereocenters. The smallest absolute Gasteiger partial charge is 0.253 e. The number of para-hydroxylation sites is 1. The SMILES string of the molecule is O=C(NCC(=O)N(Cc1ccco1)Cc1ccccc1O)c1ccc(Cl)cc1Cl. The summed E-state index contributed by atoms with van der Waals surface area (Å²) < 4.78 is 5.33. The van der Waals surface area contributed by atoms with Crippen molar-refractivity contribution in [1.82, 2.24) is 10.2 Å². The van der Waals surface area contributed by atoms with E-state index < -0.39 is 5.91 Å². The Morgan fingerprint density at radius 3 is 2.52 bits per heavy atom. The Hall–Kier alpha value is -2.96. The first-order valence-corrected chi connectivity index (χ1v) is 9.50. The highest BCUT2D eigenvalue weighted by Gasteiger charge is 2.19. The summed E-state index contributed by atoms with van der Waals surface area (Å²) in [7, 11) is 0. The molecule has 1 aromatic heterocycles. The average Bonchev–Trinajstić information content (AvgIpc) is 3.20. The van der Waals surface area contributed by atoms with Crippen LogP contribution < -0.4 is 5.32 Å². The molecule has 3 aromatic rings. The maximum absolute atomic E-state index is 12.8. The van der Waals surface area contributed by atoms with E-state index in [0.29, 0.717) is 16.3 Å². The molecule has 29 heavy (non-hydrogen) atoms. The number of benzene rings is 2. The van der Waals surface area contributed by atoms with E-state index in [9.17, 15) is 14.7 Å². The summed E-state index contributed by atoms with van der Waals surface area (Å²) >= 11 is 11.9. The van der Waals surface area contributed by atoms with Gasteiger partial charge in [-0.05, 0) is 36.4 Å². The van der Waals surface area contributed by atoms with Crippen molar-refractivity contribution in [3.05, 3.63) is 87.8 Å². The van der Waals surface area contributed by atoms with Crippen molar-refractivity contribution >= 4 is 35.0 Å². The van der Waals surface area contributed by atoms with E-state index in [-0.39, 0.29) is 41.9 Å². The second-order valence-corrected chi connectivity index (χ2v) is 7.11. The highest BCUT2D eigenvalue weighted by Crippen LogP contribution is 2.21. The largest absolute Gasteiger partial charge is 0.508 e. The molecule has 2 amide bonds. The zero-order valence-electron chi connectivity index (χ0n) is 15.3. The Kier molecular flexibility index (Phi) is 6.80. The average molecular weight is 433 g/mol. The molecule has 0 unspecified atom stereocenters. The van der Waals surface area contributed by atoms with Gasteiger partial charge in [-0.3, -0.25) is 9.59 Å². The van der Waals surface area contributed by atoms with E-state index in [1.807, 2.05) is 0 Å². The minimum Gasteiger partial charge on any atom is -0.508 e. The minimum atomic E-state index is -0.486. The Morgan fingerprint density at radius 2 is 1.83 bits per heavy atom. The predicted octanol–water partition coefficient (Wildman–Crippen LogP) is 4.25. The molecule has 0 spiro atoms. The number of nitrogens with one attached hydrogen (secondary N) is 1. The highest BCUT2D eigenvalue weighted by molar-refractivity contribution is 6.36. The van der Waals surface area contributed by atoms with E-state index in [0.717, 1.165) is 0 Å². The van der Waals surface area contributed by atoms with Crippen LogP contribution in [0.1, 0.15) is 21.7 Å². The molecule has 0 aliphatic heterocycles. The second kappa shape index (κ2) is 9.49. The Balaban J connectivity index is 1.70. The summed E-state index contributed by atoms with van der Waals surface area (Å²) in [6.07, 6.45) is 1.52. The van der Waals surface area contributed by atoms with Gasteiger partial charge in [0, 0.05) is 17.1 Å². The van der Waals surface area contributed by atoms with Crippen LogP contribution in [0.15, 0.2) is 65.3 Å². The van der Waals surface area contributed by atoms with Gasteiger partial charge in [0.15, 0.2) is 0 Å². The molecule has 0 bridgehead atoms. The van der Waals surface area contributed by atoms with Crippen molar-refractivity contribution in [3.63, 3.8) is 0 Å². The van der Waals surface area contributed by atoms with Crippen LogP contribution >= 0.6 is 23.2 Å². The van der Waals surface area contributed by atoms with Crippen LogP contribution in [0.5, 0.6) is 5.75 Å². The lowest BCUT2D eigenvalue weighted by molar-refractivity contribution is -0.131. The molecule has 3 rings (SSSR count). The minimum absolute atomic E-state index is 0.0849. The summed E-state index contributed by atoms with van der Waals surface area (Å²) in [5, 5.41) is 13.2. The van der Waals surface area contributed by atoms with Crippen LogP contribution in [0.25, 0.3) is 0 Å². The number of nitrogens with zero attached hydrogens (tertiary/aromatic N) is 1. The number of rotatable bonds is 7. The van der Waals surface area contributed by atoms with Gasteiger partial charge >= 0.3 is 0 Å². The van der Waals surface area contributed by atoms with Crippen molar-refractivity contribution in [2.75, 3.05) is 6.54 Å². The second-order valence-electron chi connectivity index (χ2n) is 6.26. The first-order valence-electron chi connectivity index (χ1n) is 8.74. The van der Waals surface area contributed by atoms with Crippen LogP contribution in [0.2, 0.25) is 10.0 Å². The molecule has 8 heteroatoms. The number of aromatic hydroxyl groups is 1. The van der Waals surface area contributed by atoms with Gasteiger partial charge < -0.3 is 19.7 Å². The van der Waals surface area contributed by atoms with E-state index in [1.54, 1.807) is 42.5 Å². The molecule has 0 radical (unpaired) electrons. The number of hydrogen-bond donors (Lipinski definition) is 2. The van der Waals surface area contributed by atoms with Gasteiger partial charge in [0.05, 0.1) is 29.9 Å². The Morgan fingerprint density at radius 1 is 1.03 bits per heavy atom. The van der Waals surface area contributed by atoms with Gasteiger partial charge in [-0.15, -0.1) is 0 Å². The van der Waals surface area contributed by atoms with E-state index in [1.165, 1.54) is 23.3 Å². The monoisotopic (exact) mass is 432 g/mol. The van der Waals surface area contributed by atoms with Crippen molar-refractivity contribution < 1.29 is 19.1 Å². The molecule has 0 aliphatic rings. The first kappa shape index (κ1) is 20.8. The van der Waals surface area contributed by atoms with Gasteiger partial charge in [-0.1, -0.05) is 41.4 Å². The van der Waals surface area contributed by atoms with Crippen molar-refractivity contribution in [2.24, 2.45) is 0 Å². The van der Waals surface area contributed by atoms with Gasteiger partial charge in [0.25, 0.3) is 5.91 Å². The number of furan rings is 1. The normalized spacial score (nSPS) is 10.6. The molecule has 0 aliphatic carbocycles. The summed E-state index contributed by atoms with van der Waals surface area (Å²) in [4.78, 5) is 26.6. The number of carbonyl (C=O) groups is 2. The van der Waals surface area contributed by atoms with E-state index in [4.69, 9.17) is 27.6 Å². The van der Waals surface area contributed by atoms with Crippen LogP contribution in [-0.2, 0) is 17.9 Å². The fourth-order valence-electron chi connectivity index (χ4n) is 2.71. The van der Waals surface area contributed by atoms with Gasteiger partial charge in [0.1, 0.15) is 11.5 Å². The number of hydrogen-bond acceptors (Lipinski definition) is 4. The van der Waals surface area contributed by atoms with E-state index in [2.05, 4.69) is 5.32 Å². The molecule has 6 nitrogen and oxygen atoms in total. The highest BCUT2D eigenvalue weighted by atomic mass is 35.5. The molecule has 0 saturated carbocycles. The first-order chi connectivity index (χ1) is 13.9. The Bertz CT molecular complexity index is 1010. The predicted molar refractivity (Wildman–Crippen MR) is 110 cm³/mol. The van der Waals surface area contributed by atoms with E-state index >= 15 is 0 Å². The lowest BCUT2D eigenvalue weighted by Crippen LogP contribution is -2.39. The molecule has 150 valence electrons. The number of halogens is 2. The fourth-order valence-corrected chi connectivity index (χ4v) is 3.20. The quantitative estimate of drug-likeness (QED) is 0.584. The molecule has 2 aromatic carbocycles. The molecule has 2 N–H and O–H groups in total. The summed E-state index contributed by atoms with van der Waals surface area (Å²) in [6.45, 7) is 0.105. The molecular weight excluding hydrogens is 415 g/mol. The number of amides is 2. The van der Waals surface area contributed by atoms with Crippen LogP contribution in [-0.4, -0.2) is 28.4 Å². The maximum Gasteiger partial charge on any atom is 0.253 e. The number of phenols is 1. The van der Waals surface area contributed by atoms with Gasteiger partial charge in [-0.25, -0.2) is 0 Å². The van der Waals surface area contributed by atoms with Gasteiger partial charge in [-0.2, -0.15) is 0 Å². The van der Waals surface area contributed by atoms with Crippen LogP contribution in [0, 0.1) is 0 Å². The lowest BCUT2D eigenvalue weighted by atomic mass is 10.2. The maximum atomic E-state index is 12.8. The summed E-state index contributed by atoms with van der Waals surface area (Å²) in [5.74, 6) is -0.161. The van der Waals surface area contributed by atoms with Crippen molar-refractivity contribution in [1.29, 1.82) is 0 Å². The summed E-state index contributed by atoms with van der Waals surface area (Å²) in [5.41, 5.74) is 0.807. The molecule has 0 saturated heterocycles. The van der Waals surface area contributed by atoms with Gasteiger partial charge in [0.2, 0.25) is 5.91 Å². The molecule has 1 heterocycles. The van der Waals surface area contributed by atoms with Crippen molar-refractivity contribution in [2.45, 2.75) is 13.1 Å². The van der Waals surface area contributed by atoms with Crippen molar-refractivity contribution in [3.8, 4) is 5.75 Å². The number of phenolic OH excluding ortho intramolecular Hbond substituents is 1. The lowest BCUT2D eigenvalue weighted by Gasteiger charge is -2.22. The molecule has 0 fully saturated rings. The third-order valence-electron chi connectivity index (χ3n) is 4.21.